The Morgan fingerprint density at radius 3 is 2.68 bits per heavy atom. The van der Waals surface area contributed by atoms with Crippen LogP contribution in [0.3, 0.4) is 0 Å². The predicted octanol–water partition coefficient (Wildman–Crippen LogP) is 2.44. The molecule has 1 N–H and O–H groups in total. The number of hydrogen-bond donors (Lipinski definition) is 1. The van der Waals surface area contributed by atoms with Crippen LogP contribution in [-0.2, 0) is 6.42 Å². The van der Waals surface area contributed by atoms with Crippen molar-refractivity contribution in [3.8, 4) is 0 Å². The number of aryl methyl sites for hydroxylation is 2. The summed E-state index contributed by atoms with van der Waals surface area (Å²) in [5, 5.41) is 7.10. The molecule has 6 nitrogen and oxygen atoms in total. The van der Waals surface area contributed by atoms with E-state index in [9.17, 15) is 9.59 Å². The minimum atomic E-state index is -0.0391. The largest absolute Gasteiger partial charge is 0.349 e. The number of hydrogen-bond acceptors (Lipinski definition) is 5. The van der Waals surface area contributed by atoms with Gasteiger partial charge in [0.05, 0.1) is 5.69 Å². The van der Waals surface area contributed by atoms with E-state index < -0.39 is 0 Å². The van der Waals surface area contributed by atoms with Gasteiger partial charge in [-0.05, 0) is 49.3 Å². The molecule has 2 amide bonds. The first kappa shape index (κ1) is 17.5. The molecule has 0 saturated carbocycles. The fraction of sp³-hybridized carbons (Fsp3) is 0.444. The molecule has 7 heteroatoms. The van der Waals surface area contributed by atoms with Crippen molar-refractivity contribution in [1.29, 1.82) is 0 Å². The molecule has 1 aliphatic rings. The van der Waals surface area contributed by atoms with Crippen molar-refractivity contribution in [1.82, 2.24) is 19.8 Å². The predicted molar refractivity (Wildman–Crippen MR) is 96.9 cm³/mol. The SMILES string of the molecule is CCc1nnsc1C(=O)N1CCC(NC(=O)c2ccccc2C)CC1. The molecule has 0 unspecified atom stereocenters. The Balaban J connectivity index is 1.56. The number of benzene rings is 1. The van der Waals surface area contributed by atoms with E-state index in [1.165, 1.54) is 0 Å². The Morgan fingerprint density at radius 1 is 1.28 bits per heavy atom. The summed E-state index contributed by atoms with van der Waals surface area (Å²) >= 11 is 1.16. The van der Waals surface area contributed by atoms with E-state index in [0.29, 0.717) is 30.0 Å². The van der Waals surface area contributed by atoms with Gasteiger partial charge in [0.25, 0.3) is 11.8 Å². The van der Waals surface area contributed by atoms with Crippen LogP contribution in [0.5, 0.6) is 0 Å². The molecule has 25 heavy (non-hydrogen) atoms. The van der Waals surface area contributed by atoms with Crippen LogP contribution in [0.4, 0.5) is 0 Å². The van der Waals surface area contributed by atoms with Crippen molar-refractivity contribution in [2.45, 2.75) is 39.2 Å². The van der Waals surface area contributed by atoms with Crippen LogP contribution in [0, 0.1) is 6.92 Å². The molecule has 1 fully saturated rings. The lowest BCUT2D eigenvalue weighted by molar-refractivity contribution is 0.0701. The molecule has 132 valence electrons. The van der Waals surface area contributed by atoms with E-state index in [0.717, 1.165) is 35.6 Å². The van der Waals surface area contributed by atoms with Crippen LogP contribution in [-0.4, -0.2) is 45.4 Å². The van der Waals surface area contributed by atoms with Gasteiger partial charge in [-0.1, -0.05) is 29.6 Å². The number of aromatic nitrogens is 2. The molecule has 0 radical (unpaired) electrons. The summed E-state index contributed by atoms with van der Waals surface area (Å²) in [6.45, 7) is 5.18. The van der Waals surface area contributed by atoms with Gasteiger partial charge in [0.15, 0.2) is 0 Å². The third-order valence-corrected chi connectivity index (χ3v) is 5.35. The highest BCUT2D eigenvalue weighted by Crippen LogP contribution is 2.19. The lowest BCUT2D eigenvalue weighted by atomic mass is 10.0. The number of nitrogens with one attached hydrogen (secondary N) is 1. The molecule has 0 aliphatic carbocycles. The van der Waals surface area contributed by atoms with E-state index in [2.05, 4.69) is 14.9 Å². The minimum absolute atomic E-state index is 0.00975. The second-order valence-corrected chi connectivity index (χ2v) is 7.01. The Bertz CT molecular complexity index is 766. The van der Waals surface area contributed by atoms with Crippen LogP contribution in [0.25, 0.3) is 0 Å². The first-order valence-electron chi connectivity index (χ1n) is 8.57. The molecule has 1 aromatic heterocycles. The van der Waals surface area contributed by atoms with Crippen LogP contribution in [0.2, 0.25) is 0 Å². The molecule has 1 aromatic carbocycles. The lowest BCUT2D eigenvalue weighted by Gasteiger charge is -2.32. The number of carbonyl (C=O) groups is 2. The van der Waals surface area contributed by atoms with Crippen LogP contribution >= 0.6 is 11.5 Å². The third kappa shape index (κ3) is 3.87. The van der Waals surface area contributed by atoms with Crippen LogP contribution in [0.15, 0.2) is 24.3 Å². The fourth-order valence-electron chi connectivity index (χ4n) is 3.06. The number of carbonyl (C=O) groups excluding carboxylic acids is 2. The topological polar surface area (TPSA) is 75.2 Å². The molecule has 0 atom stereocenters. The number of piperidine rings is 1. The van der Waals surface area contributed by atoms with Crippen LogP contribution in [0.1, 0.15) is 51.1 Å². The minimum Gasteiger partial charge on any atom is -0.349 e. The van der Waals surface area contributed by atoms with Crippen molar-refractivity contribution >= 4 is 23.3 Å². The monoisotopic (exact) mass is 358 g/mol. The summed E-state index contributed by atoms with van der Waals surface area (Å²) in [5.74, 6) is -0.0293. The number of likely N-dealkylation sites (tertiary alicyclic amines) is 1. The maximum absolute atomic E-state index is 12.6. The molecule has 2 heterocycles. The molecule has 0 bridgehead atoms. The van der Waals surface area contributed by atoms with Crippen LogP contribution < -0.4 is 5.32 Å². The van der Waals surface area contributed by atoms with Gasteiger partial charge in [0.1, 0.15) is 4.88 Å². The highest BCUT2D eigenvalue weighted by atomic mass is 32.1. The van der Waals surface area contributed by atoms with Gasteiger partial charge in [-0.2, -0.15) is 0 Å². The smallest absolute Gasteiger partial charge is 0.267 e. The first-order valence-corrected chi connectivity index (χ1v) is 9.34. The highest BCUT2D eigenvalue weighted by Gasteiger charge is 2.27. The summed E-state index contributed by atoms with van der Waals surface area (Å²) in [6.07, 6.45) is 2.23. The molecule has 2 aromatic rings. The zero-order valence-corrected chi connectivity index (χ0v) is 15.3. The second-order valence-electron chi connectivity index (χ2n) is 6.26. The Hall–Kier alpha value is -2.28. The van der Waals surface area contributed by atoms with Gasteiger partial charge in [-0.3, -0.25) is 9.59 Å². The summed E-state index contributed by atoms with van der Waals surface area (Å²) < 4.78 is 3.89. The summed E-state index contributed by atoms with van der Waals surface area (Å²) in [7, 11) is 0. The number of rotatable bonds is 4. The van der Waals surface area contributed by atoms with Gasteiger partial charge in [-0.15, -0.1) is 5.10 Å². The summed E-state index contributed by atoms with van der Waals surface area (Å²) in [4.78, 5) is 27.5. The lowest BCUT2D eigenvalue weighted by Crippen LogP contribution is -2.46. The maximum Gasteiger partial charge on any atom is 0.267 e. The summed E-state index contributed by atoms with van der Waals surface area (Å²) in [5.41, 5.74) is 2.45. The second kappa shape index (κ2) is 7.74. The molecular formula is C18H22N4O2S. The Morgan fingerprint density at radius 2 is 2.00 bits per heavy atom. The Labute approximate surface area is 151 Å². The van der Waals surface area contributed by atoms with E-state index in [1.54, 1.807) is 0 Å². The first-order chi connectivity index (χ1) is 12.1. The molecule has 0 spiro atoms. The van der Waals surface area contributed by atoms with E-state index >= 15 is 0 Å². The average Bonchev–Trinajstić information content (AvgIpc) is 3.11. The van der Waals surface area contributed by atoms with Gasteiger partial charge in [0, 0.05) is 24.7 Å². The standard InChI is InChI=1S/C18H22N4O2S/c1-3-15-16(25-21-20-15)18(24)22-10-8-13(9-11-22)19-17(23)14-7-5-4-6-12(14)2/h4-7,13H,3,8-11H2,1-2H3,(H,19,23). The van der Waals surface area contributed by atoms with Gasteiger partial charge >= 0.3 is 0 Å². The van der Waals surface area contributed by atoms with Crippen molar-refractivity contribution < 1.29 is 9.59 Å². The maximum atomic E-state index is 12.6. The third-order valence-electron chi connectivity index (χ3n) is 4.59. The van der Waals surface area contributed by atoms with E-state index in [4.69, 9.17) is 0 Å². The van der Waals surface area contributed by atoms with E-state index in [1.807, 2.05) is 43.0 Å². The van der Waals surface area contributed by atoms with Gasteiger partial charge < -0.3 is 10.2 Å². The quantitative estimate of drug-likeness (QED) is 0.911. The molecule has 1 saturated heterocycles. The number of nitrogens with zero attached hydrogens (tertiary/aromatic N) is 3. The van der Waals surface area contributed by atoms with Gasteiger partial charge in [-0.25, -0.2) is 0 Å². The zero-order valence-electron chi connectivity index (χ0n) is 14.5. The number of amides is 2. The van der Waals surface area contributed by atoms with Crippen molar-refractivity contribution in [2.24, 2.45) is 0 Å². The van der Waals surface area contributed by atoms with E-state index in [-0.39, 0.29) is 17.9 Å². The van der Waals surface area contributed by atoms with Crippen molar-refractivity contribution in [3.63, 3.8) is 0 Å². The molecule has 3 rings (SSSR count). The Kier molecular flexibility index (Phi) is 5.43. The zero-order chi connectivity index (χ0) is 17.8. The highest BCUT2D eigenvalue weighted by molar-refractivity contribution is 7.08. The average molecular weight is 358 g/mol. The van der Waals surface area contributed by atoms with Gasteiger partial charge in [0.2, 0.25) is 0 Å². The summed E-state index contributed by atoms with van der Waals surface area (Å²) in [6, 6.07) is 7.67. The van der Waals surface area contributed by atoms with Crippen molar-refractivity contribution in [3.05, 3.63) is 46.0 Å². The molecule has 1 aliphatic heterocycles. The normalized spacial score (nSPS) is 15.2. The van der Waals surface area contributed by atoms with Crippen molar-refractivity contribution in [2.75, 3.05) is 13.1 Å². The molecular weight excluding hydrogens is 336 g/mol. The fourth-order valence-corrected chi connectivity index (χ4v) is 3.78.